The maximum atomic E-state index is 3.45. The summed E-state index contributed by atoms with van der Waals surface area (Å²) in [5.41, 5.74) is 1.42. The Morgan fingerprint density at radius 2 is 2.06 bits per heavy atom. The Labute approximate surface area is 98.7 Å². The number of nitrogens with one attached hydrogen (secondary N) is 1. The molecule has 88 valence electrons. The minimum absolute atomic E-state index is 0.616. The van der Waals surface area contributed by atoms with Crippen molar-refractivity contribution in [2.24, 2.45) is 0 Å². The summed E-state index contributed by atoms with van der Waals surface area (Å²) in [4.78, 5) is 2.61. The highest BCUT2D eigenvalue weighted by Gasteiger charge is 2.24. The zero-order valence-corrected chi connectivity index (χ0v) is 10.3. The smallest absolute Gasteiger partial charge is 0.0239 e. The summed E-state index contributed by atoms with van der Waals surface area (Å²) in [6, 6.07) is 12.1. The number of nitrogens with zero attached hydrogens (tertiary/aromatic N) is 1. The van der Waals surface area contributed by atoms with E-state index in [0.29, 0.717) is 12.1 Å². The minimum Gasteiger partial charge on any atom is -0.315 e. The summed E-state index contributed by atoms with van der Waals surface area (Å²) in [5.74, 6) is 0. The quantitative estimate of drug-likeness (QED) is 0.834. The normalized spacial score (nSPS) is 20.9. The van der Waals surface area contributed by atoms with Crippen LogP contribution in [0, 0.1) is 0 Å². The maximum Gasteiger partial charge on any atom is 0.0239 e. The van der Waals surface area contributed by atoms with Gasteiger partial charge in [0.15, 0.2) is 0 Å². The predicted molar refractivity (Wildman–Crippen MR) is 68.4 cm³/mol. The van der Waals surface area contributed by atoms with E-state index in [2.05, 4.69) is 54.4 Å². The molecular formula is C14H22N2. The van der Waals surface area contributed by atoms with Gasteiger partial charge < -0.3 is 5.32 Å². The van der Waals surface area contributed by atoms with Crippen LogP contribution in [0.15, 0.2) is 30.3 Å². The van der Waals surface area contributed by atoms with Gasteiger partial charge >= 0.3 is 0 Å². The highest BCUT2D eigenvalue weighted by atomic mass is 15.2. The van der Waals surface area contributed by atoms with Gasteiger partial charge in [-0.2, -0.15) is 0 Å². The molecule has 1 heterocycles. The van der Waals surface area contributed by atoms with Crippen molar-refractivity contribution in [3.8, 4) is 0 Å². The molecule has 1 aliphatic rings. The van der Waals surface area contributed by atoms with Crippen molar-refractivity contribution in [2.75, 3.05) is 13.1 Å². The molecule has 0 spiro atoms. The summed E-state index contributed by atoms with van der Waals surface area (Å²) in [5, 5.41) is 3.45. The van der Waals surface area contributed by atoms with E-state index < -0.39 is 0 Å². The predicted octanol–water partition coefficient (Wildman–Crippen LogP) is 2.26. The van der Waals surface area contributed by atoms with Gasteiger partial charge in [-0.05, 0) is 32.4 Å². The van der Waals surface area contributed by atoms with Crippen LogP contribution in [0.25, 0.3) is 0 Å². The second kappa shape index (κ2) is 5.46. The molecule has 0 radical (unpaired) electrons. The van der Waals surface area contributed by atoms with Gasteiger partial charge in [-0.15, -0.1) is 0 Å². The number of hydrogen-bond acceptors (Lipinski definition) is 2. The van der Waals surface area contributed by atoms with E-state index in [0.717, 1.165) is 13.1 Å². The number of rotatable bonds is 4. The van der Waals surface area contributed by atoms with Gasteiger partial charge in [-0.3, -0.25) is 4.90 Å². The Hall–Kier alpha value is -0.860. The van der Waals surface area contributed by atoms with Crippen LogP contribution in [-0.2, 0) is 6.54 Å². The zero-order chi connectivity index (χ0) is 11.4. The van der Waals surface area contributed by atoms with E-state index in [1.807, 2.05) is 0 Å². The molecule has 2 heteroatoms. The summed E-state index contributed by atoms with van der Waals surface area (Å²) < 4.78 is 0. The summed E-state index contributed by atoms with van der Waals surface area (Å²) in [7, 11) is 0. The van der Waals surface area contributed by atoms with Crippen LogP contribution >= 0.6 is 0 Å². The van der Waals surface area contributed by atoms with Gasteiger partial charge in [0.2, 0.25) is 0 Å². The molecule has 1 aromatic carbocycles. The van der Waals surface area contributed by atoms with E-state index in [9.17, 15) is 0 Å². The van der Waals surface area contributed by atoms with Crippen molar-refractivity contribution < 1.29 is 0 Å². The minimum atomic E-state index is 0.616. The average molecular weight is 218 g/mol. The van der Waals surface area contributed by atoms with Crippen LogP contribution in [0.3, 0.4) is 0 Å². The fourth-order valence-corrected chi connectivity index (χ4v) is 2.45. The Morgan fingerprint density at radius 1 is 1.31 bits per heavy atom. The SMILES string of the molecule is CC(C)N(Cc1ccccc1)[C@H]1CCNC1. The van der Waals surface area contributed by atoms with Crippen molar-refractivity contribution in [3.05, 3.63) is 35.9 Å². The summed E-state index contributed by atoms with van der Waals surface area (Å²) >= 11 is 0. The maximum absolute atomic E-state index is 3.45. The summed E-state index contributed by atoms with van der Waals surface area (Å²) in [6.45, 7) is 7.97. The van der Waals surface area contributed by atoms with Crippen molar-refractivity contribution in [2.45, 2.75) is 38.9 Å². The largest absolute Gasteiger partial charge is 0.315 e. The third-order valence-electron chi connectivity index (χ3n) is 3.37. The van der Waals surface area contributed by atoms with E-state index >= 15 is 0 Å². The third kappa shape index (κ3) is 2.83. The average Bonchev–Trinajstić information content (AvgIpc) is 2.80. The van der Waals surface area contributed by atoms with E-state index in [-0.39, 0.29) is 0 Å². The molecule has 0 unspecified atom stereocenters. The topological polar surface area (TPSA) is 15.3 Å². The molecule has 2 rings (SSSR count). The molecule has 0 saturated carbocycles. The lowest BCUT2D eigenvalue weighted by Crippen LogP contribution is -2.41. The van der Waals surface area contributed by atoms with Gasteiger partial charge in [0.05, 0.1) is 0 Å². The number of hydrogen-bond donors (Lipinski definition) is 1. The van der Waals surface area contributed by atoms with Crippen LogP contribution < -0.4 is 5.32 Å². The molecule has 1 aliphatic heterocycles. The Bertz CT molecular complexity index is 302. The van der Waals surface area contributed by atoms with Crippen molar-refractivity contribution in [1.82, 2.24) is 10.2 Å². The monoisotopic (exact) mass is 218 g/mol. The van der Waals surface area contributed by atoms with E-state index in [4.69, 9.17) is 0 Å². The molecular weight excluding hydrogens is 196 g/mol. The Kier molecular flexibility index (Phi) is 3.97. The molecule has 16 heavy (non-hydrogen) atoms. The molecule has 1 atom stereocenters. The van der Waals surface area contributed by atoms with Crippen LogP contribution in [0.5, 0.6) is 0 Å². The lowest BCUT2D eigenvalue weighted by molar-refractivity contribution is 0.154. The molecule has 1 saturated heterocycles. The first-order valence-electron chi connectivity index (χ1n) is 6.28. The lowest BCUT2D eigenvalue weighted by Gasteiger charge is -2.32. The second-order valence-electron chi connectivity index (χ2n) is 4.90. The fourth-order valence-electron chi connectivity index (χ4n) is 2.45. The molecule has 1 N–H and O–H groups in total. The Morgan fingerprint density at radius 3 is 2.62 bits per heavy atom. The van der Waals surface area contributed by atoms with Gasteiger partial charge in [-0.25, -0.2) is 0 Å². The third-order valence-corrected chi connectivity index (χ3v) is 3.37. The lowest BCUT2D eigenvalue weighted by atomic mass is 10.1. The first kappa shape index (κ1) is 11.6. The molecule has 0 amide bonds. The number of benzene rings is 1. The molecule has 1 fully saturated rings. The second-order valence-corrected chi connectivity index (χ2v) is 4.90. The van der Waals surface area contributed by atoms with Crippen LogP contribution in [0.2, 0.25) is 0 Å². The summed E-state index contributed by atoms with van der Waals surface area (Å²) in [6.07, 6.45) is 1.28. The van der Waals surface area contributed by atoms with Crippen molar-refractivity contribution in [3.63, 3.8) is 0 Å². The zero-order valence-electron chi connectivity index (χ0n) is 10.3. The van der Waals surface area contributed by atoms with Crippen LogP contribution in [0.1, 0.15) is 25.8 Å². The molecule has 0 aromatic heterocycles. The van der Waals surface area contributed by atoms with Crippen molar-refractivity contribution >= 4 is 0 Å². The molecule has 0 bridgehead atoms. The molecule has 1 aromatic rings. The molecule has 0 aliphatic carbocycles. The van der Waals surface area contributed by atoms with Crippen LogP contribution in [-0.4, -0.2) is 30.1 Å². The molecule has 2 nitrogen and oxygen atoms in total. The Balaban J connectivity index is 2.02. The fraction of sp³-hybridized carbons (Fsp3) is 0.571. The standard InChI is InChI=1S/C14H22N2/c1-12(2)16(14-8-9-15-10-14)11-13-6-4-3-5-7-13/h3-7,12,14-15H,8-11H2,1-2H3/t14-/m0/s1. The van der Waals surface area contributed by atoms with Gasteiger partial charge in [0.1, 0.15) is 0 Å². The van der Waals surface area contributed by atoms with Crippen molar-refractivity contribution in [1.29, 1.82) is 0 Å². The van der Waals surface area contributed by atoms with Crippen LogP contribution in [0.4, 0.5) is 0 Å². The van der Waals surface area contributed by atoms with E-state index in [1.165, 1.54) is 18.5 Å². The highest BCUT2D eigenvalue weighted by Crippen LogP contribution is 2.16. The van der Waals surface area contributed by atoms with Gasteiger partial charge in [-0.1, -0.05) is 30.3 Å². The highest BCUT2D eigenvalue weighted by molar-refractivity contribution is 5.14. The first-order chi connectivity index (χ1) is 7.77. The van der Waals surface area contributed by atoms with Gasteiger partial charge in [0, 0.05) is 25.2 Å². The van der Waals surface area contributed by atoms with Gasteiger partial charge in [0.25, 0.3) is 0 Å². The first-order valence-corrected chi connectivity index (χ1v) is 6.28. The van der Waals surface area contributed by atoms with E-state index in [1.54, 1.807) is 0 Å².